The Hall–Kier alpha value is -1.39. The normalized spacial score (nSPS) is 12.4. The van der Waals surface area contributed by atoms with E-state index in [1.54, 1.807) is 17.4 Å². The minimum absolute atomic E-state index is 0.130. The van der Waals surface area contributed by atoms with Crippen molar-refractivity contribution in [2.75, 3.05) is 18.5 Å². The molecule has 114 valence electrons. The summed E-state index contributed by atoms with van der Waals surface area (Å²) in [6, 6.07) is 5.88. The van der Waals surface area contributed by atoms with Gasteiger partial charge in [-0.3, -0.25) is 0 Å². The number of rotatable bonds is 6. The van der Waals surface area contributed by atoms with E-state index in [0.29, 0.717) is 5.56 Å². The predicted octanol–water partition coefficient (Wildman–Crippen LogP) is 4.50. The number of hydrogen-bond donors (Lipinski definition) is 1. The number of halogens is 1. The third kappa shape index (κ3) is 3.83. The fraction of sp³-hybridized carbons (Fsp3) is 0.412. The summed E-state index contributed by atoms with van der Waals surface area (Å²) < 4.78 is 14.0. The summed E-state index contributed by atoms with van der Waals surface area (Å²) in [6.45, 7) is 7.66. The third-order valence-corrected chi connectivity index (χ3v) is 4.43. The second-order valence-corrected chi connectivity index (χ2v) is 6.21. The molecule has 0 bridgehead atoms. The van der Waals surface area contributed by atoms with Crippen molar-refractivity contribution in [2.45, 2.75) is 33.4 Å². The molecule has 4 heteroatoms. The van der Waals surface area contributed by atoms with Crippen LogP contribution in [0.5, 0.6) is 0 Å². The van der Waals surface area contributed by atoms with E-state index in [1.165, 1.54) is 5.56 Å². The summed E-state index contributed by atoms with van der Waals surface area (Å²) in [5.74, 6) is -0.137. The van der Waals surface area contributed by atoms with Gasteiger partial charge in [0.2, 0.25) is 0 Å². The highest BCUT2D eigenvalue weighted by molar-refractivity contribution is 7.07. The molecule has 0 spiro atoms. The fourth-order valence-electron chi connectivity index (χ4n) is 2.52. The first-order valence-electron chi connectivity index (χ1n) is 7.28. The Morgan fingerprint density at radius 1 is 1.38 bits per heavy atom. The van der Waals surface area contributed by atoms with Crippen LogP contribution >= 0.6 is 11.3 Å². The number of hydrogen-bond acceptors (Lipinski definition) is 3. The Balaban J connectivity index is 2.33. The lowest BCUT2D eigenvalue weighted by atomic mass is 10.0. The molecule has 2 nitrogen and oxygen atoms in total. The molecule has 1 aromatic carbocycles. The standard InChI is InChI=1S/C17H23FN2S/c1-5-19-13(3)15-9-16(18)12(2)8-17(15)20(4)10-14-6-7-21-11-14/h6-9,11,13,19H,5,10H2,1-4H3. The van der Waals surface area contributed by atoms with E-state index in [1.807, 2.05) is 13.0 Å². The van der Waals surface area contributed by atoms with Gasteiger partial charge in [0.25, 0.3) is 0 Å². The predicted molar refractivity (Wildman–Crippen MR) is 89.7 cm³/mol. The Bertz CT molecular complexity index is 581. The third-order valence-electron chi connectivity index (χ3n) is 3.70. The van der Waals surface area contributed by atoms with Gasteiger partial charge >= 0.3 is 0 Å². The van der Waals surface area contributed by atoms with Crippen molar-refractivity contribution in [2.24, 2.45) is 0 Å². The zero-order valence-corrected chi connectivity index (χ0v) is 13.9. The maximum absolute atomic E-state index is 14.0. The van der Waals surface area contributed by atoms with E-state index in [0.717, 1.165) is 24.3 Å². The topological polar surface area (TPSA) is 15.3 Å². The molecule has 1 aromatic heterocycles. The second kappa shape index (κ2) is 7.05. The minimum Gasteiger partial charge on any atom is -0.370 e. The van der Waals surface area contributed by atoms with Gasteiger partial charge in [-0.15, -0.1) is 0 Å². The average molecular weight is 306 g/mol. The van der Waals surface area contributed by atoms with Crippen LogP contribution < -0.4 is 10.2 Å². The molecule has 0 saturated heterocycles. The van der Waals surface area contributed by atoms with Gasteiger partial charge in [-0.1, -0.05) is 6.92 Å². The highest BCUT2D eigenvalue weighted by Gasteiger charge is 2.16. The van der Waals surface area contributed by atoms with E-state index in [9.17, 15) is 4.39 Å². The molecule has 1 unspecified atom stereocenters. The fourth-order valence-corrected chi connectivity index (χ4v) is 3.18. The van der Waals surface area contributed by atoms with E-state index in [-0.39, 0.29) is 11.9 Å². The van der Waals surface area contributed by atoms with Crippen LogP contribution in [0.1, 0.15) is 36.6 Å². The van der Waals surface area contributed by atoms with Crippen LogP contribution in [0.2, 0.25) is 0 Å². The van der Waals surface area contributed by atoms with E-state index >= 15 is 0 Å². The maximum Gasteiger partial charge on any atom is 0.126 e. The van der Waals surface area contributed by atoms with Crippen molar-refractivity contribution in [3.05, 3.63) is 51.5 Å². The Morgan fingerprint density at radius 3 is 2.76 bits per heavy atom. The molecule has 0 aliphatic rings. The largest absolute Gasteiger partial charge is 0.370 e. The van der Waals surface area contributed by atoms with Gasteiger partial charge in [0.15, 0.2) is 0 Å². The van der Waals surface area contributed by atoms with Gasteiger partial charge in [-0.05, 0) is 66.0 Å². The summed E-state index contributed by atoms with van der Waals surface area (Å²) in [5.41, 5.74) is 4.08. The molecule has 1 atom stereocenters. The quantitative estimate of drug-likeness (QED) is 0.845. The first kappa shape index (κ1) is 16.0. The highest BCUT2D eigenvalue weighted by Crippen LogP contribution is 2.29. The van der Waals surface area contributed by atoms with Crippen LogP contribution in [-0.2, 0) is 6.54 Å². The SMILES string of the molecule is CCNC(C)c1cc(F)c(C)cc1N(C)Cc1ccsc1. The summed E-state index contributed by atoms with van der Waals surface area (Å²) >= 11 is 1.70. The minimum atomic E-state index is -0.137. The molecule has 21 heavy (non-hydrogen) atoms. The van der Waals surface area contributed by atoms with Gasteiger partial charge in [-0.25, -0.2) is 4.39 Å². The molecule has 0 aliphatic carbocycles. The first-order chi connectivity index (χ1) is 10.0. The highest BCUT2D eigenvalue weighted by atomic mass is 32.1. The van der Waals surface area contributed by atoms with E-state index < -0.39 is 0 Å². The van der Waals surface area contributed by atoms with Gasteiger partial charge in [0.1, 0.15) is 5.82 Å². The summed E-state index contributed by atoms with van der Waals surface area (Å²) in [6.07, 6.45) is 0. The van der Waals surface area contributed by atoms with Gasteiger partial charge in [0, 0.05) is 25.3 Å². The average Bonchev–Trinajstić information content (AvgIpc) is 2.94. The first-order valence-corrected chi connectivity index (χ1v) is 8.22. The molecule has 1 N–H and O–H groups in total. The lowest BCUT2D eigenvalue weighted by molar-refractivity contribution is 0.578. The van der Waals surface area contributed by atoms with Crippen molar-refractivity contribution in [1.29, 1.82) is 0 Å². The number of anilines is 1. The van der Waals surface area contributed by atoms with Crippen LogP contribution in [0.3, 0.4) is 0 Å². The molecular formula is C17H23FN2S. The van der Waals surface area contributed by atoms with E-state index in [2.05, 4.69) is 47.9 Å². The summed E-state index contributed by atoms with van der Waals surface area (Å²) in [5, 5.41) is 7.61. The van der Waals surface area contributed by atoms with Gasteiger partial charge in [0.05, 0.1) is 0 Å². The zero-order chi connectivity index (χ0) is 15.4. The number of benzene rings is 1. The van der Waals surface area contributed by atoms with Gasteiger partial charge < -0.3 is 10.2 Å². The number of nitrogens with zero attached hydrogens (tertiary/aromatic N) is 1. The lowest BCUT2D eigenvalue weighted by Crippen LogP contribution is -2.23. The lowest BCUT2D eigenvalue weighted by Gasteiger charge is -2.26. The molecule has 0 radical (unpaired) electrons. The van der Waals surface area contributed by atoms with Crippen LogP contribution in [0.4, 0.5) is 10.1 Å². The van der Waals surface area contributed by atoms with Crippen LogP contribution in [0, 0.1) is 12.7 Å². The molecular weight excluding hydrogens is 283 g/mol. The molecule has 1 heterocycles. The Morgan fingerprint density at radius 2 is 2.14 bits per heavy atom. The molecule has 0 amide bonds. The molecule has 2 aromatic rings. The van der Waals surface area contributed by atoms with Crippen LogP contribution in [-0.4, -0.2) is 13.6 Å². The molecule has 0 saturated carbocycles. The van der Waals surface area contributed by atoms with Crippen molar-refractivity contribution >= 4 is 17.0 Å². The van der Waals surface area contributed by atoms with Crippen LogP contribution in [0.25, 0.3) is 0 Å². The number of aryl methyl sites for hydroxylation is 1. The molecule has 2 rings (SSSR count). The smallest absolute Gasteiger partial charge is 0.126 e. The Labute approximate surface area is 130 Å². The van der Waals surface area contributed by atoms with Crippen molar-refractivity contribution in [1.82, 2.24) is 5.32 Å². The molecule has 0 fully saturated rings. The second-order valence-electron chi connectivity index (χ2n) is 5.43. The number of nitrogens with one attached hydrogen (secondary N) is 1. The van der Waals surface area contributed by atoms with Crippen molar-refractivity contribution < 1.29 is 4.39 Å². The molecule has 0 aliphatic heterocycles. The van der Waals surface area contributed by atoms with Crippen molar-refractivity contribution in [3.63, 3.8) is 0 Å². The Kier molecular flexibility index (Phi) is 5.37. The van der Waals surface area contributed by atoms with Crippen LogP contribution in [0.15, 0.2) is 29.0 Å². The monoisotopic (exact) mass is 306 g/mol. The maximum atomic E-state index is 14.0. The van der Waals surface area contributed by atoms with Crippen molar-refractivity contribution in [3.8, 4) is 0 Å². The van der Waals surface area contributed by atoms with Gasteiger partial charge in [-0.2, -0.15) is 11.3 Å². The summed E-state index contributed by atoms with van der Waals surface area (Å²) in [4.78, 5) is 2.19. The zero-order valence-electron chi connectivity index (χ0n) is 13.1. The summed E-state index contributed by atoms with van der Waals surface area (Å²) in [7, 11) is 2.06. The number of thiophene rings is 1. The van der Waals surface area contributed by atoms with E-state index in [4.69, 9.17) is 0 Å².